The van der Waals surface area contributed by atoms with E-state index in [-0.39, 0.29) is 5.41 Å². The summed E-state index contributed by atoms with van der Waals surface area (Å²) in [5.74, 6) is 1.48. The zero-order valence-corrected chi connectivity index (χ0v) is 9.12. The van der Waals surface area contributed by atoms with Gasteiger partial charge >= 0.3 is 0 Å². The Labute approximate surface area is 86.0 Å². The van der Waals surface area contributed by atoms with Crippen molar-refractivity contribution in [3.8, 4) is 0 Å². The van der Waals surface area contributed by atoms with E-state index in [0.29, 0.717) is 5.92 Å². The number of ether oxygens (including phenoxy) is 1. The van der Waals surface area contributed by atoms with Crippen LogP contribution in [0.2, 0.25) is 0 Å². The zero-order valence-electron chi connectivity index (χ0n) is 9.12. The molecule has 1 saturated carbocycles. The van der Waals surface area contributed by atoms with Crippen LogP contribution in [-0.2, 0) is 4.74 Å². The van der Waals surface area contributed by atoms with Crippen LogP contribution in [0.5, 0.6) is 0 Å². The van der Waals surface area contributed by atoms with Crippen molar-refractivity contribution in [2.24, 2.45) is 11.3 Å². The molecule has 1 fully saturated rings. The van der Waals surface area contributed by atoms with E-state index in [1.165, 1.54) is 19.3 Å². The molecule has 14 heavy (non-hydrogen) atoms. The Morgan fingerprint density at radius 3 is 2.64 bits per heavy atom. The van der Waals surface area contributed by atoms with Crippen LogP contribution in [0.3, 0.4) is 0 Å². The third-order valence-electron chi connectivity index (χ3n) is 3.86. The number of hydrogen-bond donors (Lipinski definition) is 1. The van der Waals surface area contributed by atoms with Crippen molar-refractivity contribution in [1.29, 1.82) is 0 Å². The van der Waals surface area contributed by atoms with Crippen molar-refractivity contribution >= 4 is 0 Å². The normalized spacial score (nSPS) is 25.2. The highest BCUT2D eigenvalue weighted by molar-refractivity contribution is 5.10. The van der Waals surface area contributed by atoms with Crippen molar-refractivity contribution in [3.63, 3.8) is 0 Å². The molecule has 2 nitrogen and oxygen atoms in total. The second kappa shape index (κ2) is 3.58. The fourth-order valence-corrected chi connectivity index (χ4v) is 2.37. The van der Waals surface area contributed by atoms with Gasteiger partial charge in [0.25, 0.3) is 0 Å². The first-order valence-corrected chi connectivity index (χ1v) is 5.63. The van der Waals surface area contributed by atoms with Crippen LogP contribution in [0.1, 0.15) is 39.5 Å². The van der Waals surface area contributed by atoms with E-state index in [4.69, 9.17) is 4.74 Å². The molecule has 0 aromatic rings. The molecule has 0 radical (unpaired) electrons. The van der Waals surface area contributed by atoms with Gasteiger partial charge in [-0.05, 0) is 24.8 Å². The van der Waals surface area contributed by atoms with E-state index in [1.807, 2.05) is 6.08 Å². The first kappa shape index (κ1) is 10.0. The monoisotopic (exact) mass is 196 g/mol. The topological polar surface area (TPSA) is 29.5 Å². The molecule has 2 aliphatic rings. The minimum atomic E-state index is -0.407. The predicted molar refractivity (Wildman–Crippen MR) is 55.8 cm³/mol. The molecule has 0 bridgehead atoms. The summed E-state index contributed by atoms with van der Waals surface area (Å²) >= 11 is 0. The van der Waals surface area contributed by atoms with Gasteiger partial charge in [0.1, 0.15) is 11.9 Å². The van der Waals surface area contributed by atoms with Crippen LogP contribution in [0, 0.1) is 11.3 Å². The molecule has 0 aromatic carbocycles. The van der Waals surface area contributed by atoms with Gasteiger partial charge in [0, 0.05) is 11.8 Å². The Bertz CT molecular complexity index is 239. The third kappa shape index (κ3) is 1.56. The summed E-state index contributed by atoms with van der Waals surface area (Å²) in [5, 5.41) is 10.2. The van der Waals surface area contributed by atoms with Gasteiger partial charge in [0.2, 0.25) is 0 Å². The molecule has 1 atom stereocenters. The van der Waals surface area contributed by atoms with Gasteiger partial charge in [-0.15, -0.1) is 0 Å². The molecule has 80 valence electrons. The van der Waals surface area contributed by atoms with Gasteiger partial charge in [-0.1, -0.05) is 20.3 Å². The molecule has 1 aliphatic carbocycles. The SMILES string of the molecule is CC(C)(C1CCC1)C(O)C1=CCCO1. The van der Waals surface area contributed by atoms with Crippen LogP contribution in [0.15, 0.2) is 11.8 Å². The average Bonchev–Trinajstić information content (AvgIpc) is 2.49. The van der Waals surface area contributed by atoms with Crippen LogP contribution in [0.25, 0.3) is 0 Å². The predicted octanol–water partition coefficient (Wildman–Crippen LogP) is 2.48. The molecule has 1 N–H and O–H groups in total. The van der Waals surface area contributed by atoms with Crippen molar-refractivity contribution in [2.45, 2.75) is 45.6 Å². The van der Waals surface area contributed by atoms with Gasteiger partial charge < -0.3 is 9.84 Å². The molecule has 2 rings (SSSR count). The maximum absolute atomic E-state index is 10.2. The summed E-state index contributed by atoms with van der Waals surface area (Å²) in [4.78, 5) is 0. The maximum Gasteiger partial charge on any atom is 0.121 e. The Morgan fingerprint density at radius 1 is 1.50 bits per heavy atom. The van der Waals surface area contributed by atoms with E-state index in [0.717, 1.165) is 18.8 Å². The average molecular weight is 196 g/mol. The van der Waals surface area contributed by atoms with Crippen LogP contribution < -0.4 is 0 Å². The highest BCUT2D eigenvalue weighted by atomic mass is 16.5. The summed E-state index contributed by atoms with van der Waals surface area (Å²) in [6, 6.07) is 0. The molecule has 0 amide bonds. The Morgan fingerprint density at radius 2 is 2.21 bits per heavy atom. The minimum absolute atomic E-state index is 0.0194. The first-order valence-electron chi connectivity index (χ1n) is 5.63. The van der Waals surface area contributed by atoms with Crippen molar-refractivity contribution in [1.82, 2.24) is 0 Å². The lowest BCUT2D eigenvalue weighted by atomic mass is 9.64. The zero-order chi connectivity index (χ0) is 10.2. The highest BCUT2D eigenvalue weighted by Gasteiger charge is 2.42. The number of aliphatic hydroxyl groups excluding tert-OH is 1. The Balaban J connectivity index is 2.04. The summed E-state index contributed by atoms with van der Waals surface area (Å²) in [5.41, 5.74) is -0.0194. The van der Waals surface area contributed by atoms with Crippen LogP contribution in [0.4, 0.5) is 0 Å². The van der Waals surface area contributed by atoms with Gasteiger partial charge in [0.15, 0.2) is 0 Å². The Hall–Kier alpha value is -0.500. The molecule has 1 aliphatic heterocycles. The fourth-order valence-electron chi connectivity index (χ4n) is 2.37. The summed E-state index contributed by atoms with van der Waals surface area (Å²) in [6.45, 7) is 5.06. The molecule has 0 aromatic heterocycles. The van der Waals surface area contributed by atoms with Gasteiger partial charge in [-0.25, -0.2) is 0 Å². The minimum Gasteiger partial charge on any atom is -0.495 e. The van der Waals surface area contributed by atoms with Crippen LogP contribution >= 0.6 is 0 Å². The smallest absolute Gasteiger partial charge is 0.121 e. The maximum atomic E-state index is 10.2. The molecular weight excluding hydrogens is 176 g/mol. The standard InChI is InChI=1S/C12H20O2/c1-12(2,9-5-3-6-9)11(13)10-7-4-8-14-10/h7,9,11,13H,3-6,8H2,1-2H3. The summed E-state index contributed by atoms with van der Waals surface area (Å²) < 4.78 is 5.43. The molecule has 1 heterocycles. The van der Waals surface area contributed by atoms with Crippen molar-refractivity contribution in [3.05, 3.63) is 11.8 Å². The summed E-state index contributed by atoms with van der Waals surface area (Å²) in [6.07, 6.45) is 6.42. The first-order chi connectivity index (χ1) is 6.62. The lowest BCUT2D eigenvalue weighted by molar-refractivity contribution is -0.0283. The van der Waals surface area contributed by atoms with Gasteiger partial charge in [-0.3, -0.25) is 0 Å². The van der Waals surface area contributed by atoms with E-state index in [9.17, 15) is 5.11 Å². The Kier molecular flexibility index (Phi) is 2.56. The quantitative estimate of drug-likeness (QED) is 0.751. The van der Waals surface area contributed by atoms with Gasteiger partial charge in [0.05, 0.1) is 6.61 Å². The van der Waals surface area contributed by atoms with E-state index >= 15 is 0 Å². The molecule has 0 saturated heterocycles. The second-order valence-corrected chi connectivity index (χ2v) is 5.10. The lowest BCUT2D eigenvalue weighted by Gasteiger charge is -2.43. The lowest BCUT2D eigenvalue weighted by Crippen LogP contribution is -2.41. The van der Waals surface area contributed by atoms with E-state index in [2.05, 4.69) is 13.8 Å². The van der Waals surface area contributed by atoms with Crippen LogP contribution in [-0.4, -0.2) is 17.8 Å². The van der Waals surface area contributed by atoms with Crippen molar-refractivity contribution < 1.29 is 9.84 Å². The largest absolute Gasteiger partial charge is 0.495 e. The summed E-state index contributed by atoms with van der Waals surface area (Å²) in [7, 11) is 0. The number of rotatable bonds is 3. The molecular formula is C12H20O2. The second-order valence-electron chi connectivity index (χ2n) is 5.10. The molecule has 0 spiro atoms. The molecule has 2 heteroatoms. The third-order valence-corrected chi connectivity index (χ3v) is 3.86. The van der Waals surface area contributed by atoms with Gasteiger partial charge in [-0.2, -0.15) is 0 Å². The van der Waals surface area contributed by atoms with E-state index in [1.54, 1.807) is 0 Å². The highest BCUT2D eigenvalue weighted by Crippen LogP contribution is 2.45. The number of aliphatic hydroxyl groups is 1. The number of hydrogen-bond acceptors (Lipinski definition) is 2. The van der Waals surface area contributed by atoms with E-state index < -0.39 is 6.10 Å². The fraction of sp³-hybridized carbons (Fsp3) is 0.833. The molecule has 1 unspecified atom stereocenters. The van der Waals surface area contributed by atoms with Crippen molar-refractivity contribution in [2.75, 3.05) is 6.61 Å².